The molecule has 4 heteroatoms. The quantitative estimate of drug-likeness (QED) is 0.737. The van der Waals surface area contributed by atoms with E-state index in [-0.39, 0.29) is 23.6 Å². The molecular weight excluding hydrogens is 326 g/mol. The minimum atomic E-state index is -0.133. The van der Waals surface area contributed by atoms with Gasteiger partial charge in [-0.2, -0.15) is 0 Å². The zero-order valence-electron chi connectivity index (χ0n) is 17.0. The summed E-state index contributed by atoms with van der Waals surface area (Å²) in [6.07, 6.45) is 8.97. The maximum atomic E-state index is 11.9. The number of carbonyl (C=O) groups excluding carboxylic acids is 1. The monoisotopic (exact) mass is 363 g/mol. The Hall–Kier alpha value is -0.610. The molecule has 4 rings (SSSR count). The van der Waals surface area contributed by atoms with Crippen LogP contribution in [0.3, 0.4) is 0 Å². The van der Waals surface area contributed by atoms with Crippen LogP contribution in [-0.4, -0.2) is 36.4 Å². The summed E-state index contributed by atoms with van der Waals surface area (Å²) in [5.41, 5.74) is 0.360. The summed E-state index contributed by atoms with van der Waals surface area (Å²) < 4.78 is 6.01. The van der Waals surface area contributed by atoms with Crippen molar-refractivity contribution >= 4 is 5.97 Å². The number of carbonyl (C=O) groups is 1. The molecule has 0 heterocycles. The Kier molecular flexibility index (Phi) is 4.67. The first kappa shape index (κ1) is 18.7. The summed E-state index contributed by atoms with van der Waals surface area (Å²) in [5.74, 6) is 2.53. The third-order valence-electron chi connectivity index (χ3n) is 9.37. The van der Waals surface area contributed by atoms with E-state index >= 15 is 0 Å². The lowest BCUT2D eigenvalue weighted by molar-refractivity contribution is -0.189. The number of hydrogen-bond donors (Lipinski definition) is 2. The molecule has 0 aromatic rings. The van der Waals surface area contributed by atoms with E-state index in [1.807, 2.05) is 0 Å². The van der Waals surface area contributed by atoms with Gasteiger partial charge < -0.3 is 15.2 Å². The Morgan fingerprint density at radius 2 is 1.85 bits per heavy atom. The van der Waals surface area contributed by atoms with Gasteiger partial charge in [0.25, 0.3) is 0 Å². The third kappa shape index (κ3) is 2.58. The zero-order valence-corrected chi connectivity index (χ0v) is 17.0. The van der Waals surface area contributed by atoms with Crippen molar-refractivity contribution in [1.29, 1.82) is 0 Å². The second-order valence-electron chi connectivity index (χ2n) is 10.2. The number of ether oxygens (including phenoxy) is 1. The highest BCUT2D eigenvalue weighted by molar-refractivity contribution is 5.66. The molecule has 0 amide bonds. The molecule has 4 nitrogen and oxygen atoms in total. The largest absolute Gasteiger partial charge is 0.462 e. The van der Waals surface area contributed by atoms with Gasteiger partial charge in [0.15, 0.2) is 0 Å². The van der Waals surface area contributed by atoms with Crippen molar-refractivity contribution < 1.29 is 14.6 Å². The molecule has 26 heavy (non-hydrogen) atoms. The van der Waals surface area contributed by atoms with Crippen molar-refractivity contribution in [2.24, 2.45) is 34.5 Å². The van der Waals surface area contributed by atoms with Crippen LogP contribution >= 0.6 is 0 Å². The summed E-state index contributed by atoms with van der Waals surface area (Å²) in [7, 11) is 2.07. The lowest BCUT2D eigenvalue weighted by Gasteiger charge is -2.62. The summed E-state index contributed by atoms with van der Waals surface area (Å²) in [6.45, 7) is 6.43. The molecule has 4 fully saturated rings. The highest BCUT2D eigenvalue weighted by Crippen LogP contribution is 2.66. The van der Waals surface area contributed by atoms with Crippen LogP contribution in [0.4, 0.5) is 0 Å². The Morgan fingerprint density at radius 1 is 1.08 bits per heavy atom. The van der Waals surface area contributed by atoms with E-state index in [0.717, 1.165) is 31.6 Å². The standard InChI is InChI=1S/C22H37NO3/c1-13(24)26-20-12-18-16(17-7-8-19(23-4)22(17,20)3)6-5-14-11-15(25)9-10-21(14,18)2/h14-20,23,25H,5-12H2,1-4H3. The molecule has 0 aliphatic heterocycles. The van der Waals surface area contributed by atoms with Crippen LogP contribution < -0.4 is 5.32 Å². The number of nitrogens with one attached hydrogen (secondary N) is 1. The van der Waals surface area contributed by atoms with Gasteiger partial charge in [0, 0.05) is 18.4 Å². The van der Waals surface area contributed by atoms with E-state index in [0.29, 0.717) is 29.2 Å². The molecule has 0 radical (unpaired) electrons. The van der Waals surface area contributed by atoms with Crippen molar-refractivity contribution in [1.82, 2.24) is 5.32 Å². The van der Waals surface area contributed by atoms with Crippen LogP contribution in [0.15, 0.2) is 0 Å². The van der Waals surface area contributed by atoms with Crippen molar-refractivity contribution in [3.8, 4) is 0 Å². The molecule has 0 bridgehead atoms. The van der Waals surface area contributed by atoms with E-state index < -0.39 is 0 Å². The van der Waals surface area contributed by atoms with Gasteiger partial charge in [-0.1, -0.05) is 13.8 Å². The van der Waals surface area contributed by atoms with Gasteiger partial charge in [-0.15, -0.1) is 0 Å². The lowest BCUT2D eigenvalue weighted by Crippen LogP contribution is -2.61. The number of fused-ring (bicyclic) bond motifs is 5. The van der Waals surface area contributed by atoms with E-state index in [1.165, 1.54) is 25.7 Å². The second-order valence-corrected chi connectivity index (χ2v) is 10.2. The molecule has 4 aliphatic rings. The fraction of sp³-hybridized carbons (Fsp3) is 0.955. The van der Waals surface area contributed by atoms with Gasteiger partial charge >= 0.3 is 5.97 Å². The third-order valence-corrected chi connectivity index (χ3v) is 9.37. The first-order valence-corrected chi connectivity index (χ1v) is 10.8. The molecule has 0 saturated heterocycles. The summed E-state index contributed by atoms with van der Waals surface area (Å²) in [6, 6.07) is 0.441. The Labute approximate surface area is 158 Å². The van der Waals surface area contributed by atoms with E-state index in [1.54, 1.807) is 6.92 Å². The molecule has 0 aromatic carbocycles. The molecule has 148 valence electrons. The van der Waals surface area contributed by atoms with Crippen LogP contribution in [-0.2, 0) is 9.53 Å². The summed E-state index contributed by atoms with van der Waals surface area (Å²) in [5, 5.41) is 13.8. The second kappa shape index (κ2) is 6.48. The molecular formula is C22H37NO3. The number of rotatable bonds is 2. The number of hydrogen-bond acceptors (Lipinski definition) is 4. The SMILES string of the molecule is CNC1CCC2C3CCC4CC(O)CCC4(C)C3CC(OC(C)=O)C12C. The van der Waals surface area contributed by atoms with E-state index in [9.17, 15) is 9.90 Å². The van der Waals surface area contributed by atoms with Gasteiger partial charge in [-0.05, 0) is 87.5 Å². The maximum absolute atomic E-state index is 11.9. The van der Waals surface area contributed by atoms with Crippen LogP contribution in [0.5, 0.6) is 0 Å². The van der Waals surface area contributed by atoms with Gasteiger partial charge in [0.05, 0.1) is 6.10 Å². The average molecular weight is 364 g/mol. The predicted molar refractivity (Wildman–Crippen MR) is 102 cm³/mol. The maximum Gasteiger partial charge on any atom is 0.302 e. The molecule has 0 spiro atoms. The highest BCUT2D eigenvalue weighted by Gasteiger charge is 2.64. The van der Waals surface area contributed by atoms with Crippen molar-refractivity contribution in [2.45, 2.75) is 90.4 Å². The fourth-order valence-corrected chi connectivity index (χ4v) is 8.02. The van der Waals surface area contributed by atoms with Crippen LogP contribution in [0.2, 0.25) is 0 Å². The lowest BCUT2D eigenvalue weighted by atomic mass is 9.44. The van der Waals surface area contributed by atoms with Gasteiger partial charge in [-0.3, -0.25) is 4.79 Å². The molecule has 0 aromatic heterocycles. The van der Waals surface area contributed by atoms with Gasteiger partial charge in [0.1, 0.15) is 6.10 Å². The van der Waals surface area contributed by atoms with Crippen molar-refractivity contribution in [2.75, 3.05) is 7.05 Å². The van der Waals surface area contributed by atoms with E-state index in [4.69, 9.17) is 4.74 Å². The normalized spacial score (nSPS) is 53.3. The van der Waals surface area contributed by atoms with Crippen molar-refractivity contribution in [3.63, 3.8) is 0 Å². The molecule has 9 unspecified atom stereocenters. The molecule has 4 saturated carbocycles. The Balaban J connectivity index is 1.69. The topological polar surface area (TPSA) is 58.6 Å². The first-order valence-electron chi connectivity index (χ1n) is 10.8. The molecule has 4 aliphatic carbocycles. The number of aliphatic hydroxyl groups excluding tert-OH is 1. The van der Waals surface area contributed by atoms with Crippen LogP contribution in [0.1, 0.15) is 72.1 Å². The number of aliphatic hydroxyl groups is 1. The smallest absolute Gasteiger partial charge is 0.302 e. The molecule has 9 atom stereocenters. The minimum absolute atomic E-state index is 0.0219. The highest BCUT2D eigenvalue weighted by atomic mass is 16.5. The van der Waals surface area contributed by atoms with E-state index in [2.05, 4.69) is 26.2 Å². The van der Waals surface area contributed by atoms with Gasteiger partial charge in [-0.25, -0.2) is 0 Å². The summed E-state index contributed by atoms with van der Waals surface area (Å²) in [4.78, 5) is 11.9. The Morgan fingerprint density at radius 3 is 2.54 bits per heavy atom. The van der Waals surface area contributed by atoms with Gasteiger partial charge in [0.2, 0.25) is 0 Å². The van der Waals surface area contributed by atoms with Crippen LogP contribution in [0, 0.1) is 34.5 Å². The average Bonchev–Trinajstić information content (AvgIpc) is 2.93. The number of esters is 1. The van der Waals surface area contributed by atoms with Crippen molar-refractivity contribution in [3.05, 3.63) is 0 Å². The Bertz CT molecular complexity index is 566. The zero-order chi connectivity index (χ0) is 18.7. The summed E-state index contributed by atoms with van der Waals surface area (Å²) >= 11 is 0. The van der Waals surface area contributed by atoms with Crippen LogP contribution in [0.25, 0.3) is 0 Å². The molecule has 2 N–H and O–H groups in total. The fourth-order valence-electron chi connectivity index (χ4n) is 8.02. The first-order chi connectivity index (χ1) is 12.3. The predicted octanol–water partition coefficient (Wildman–Crippen LogP) is 3.52. The minimum Gasteiger partial charge on any atom is -0.462 e.